The number of methoxy groups -OCH3 is 1. The Balaban J connectivity index is 2.46. The molecule has 0 unspecified atom stereocenters. The number of aryl methyl sites for hydroxylation is 2. The van der Waals surface area contributed by atoms with E-state index in [4.69, 9.17) is 14.2 Å². The minimum absolute atomic E-state index is 0.195. The van der Waals surface area contributed by atoms with Crippen molar-refractivity contribution in [2.75, 3.05) is 20.3 Å². The van der Waals surface area contributed by atoms with Crippen LogP contribution >= 0.6 is 0 Å². The molecule has 0 aliphatic heterocycles. The summed E-state index contributed by atoms with van der Waals surface area (Å²) in [7, 11) is 1.54. The van der Waals surface area contributed by atoms with Gasteiger partial charge in [-0.25, -0.2) is 4.79 Å². The van der Waals surface area contributed by atoms with Gasteiger partial charge in [0.05, 0.1) is 6.61 Å². The van der Waals surface area contributed by atoms with E-state index in [0.717, 1.165) is 11.1 Å². The van der Waals surface area contributed by atoms with E-state index in [9.17, 15) is 4.79 Å². The summed E-state index contributed by atoms with van der Waals surface area (Å²) in [5, 5.41) is 0. The largest absolute Gasteiger partial charge is 0.513 e. The molecule has 0 saturated carbocycles. The van der Waals surface area contributed by atoms with Crippen LogP contribution in [0.1, 0.15) is 11.1 Å². The predicted octanol–water partition coefficient (Wildman–Crippen LogP) is 2.47. The molecule has 0 aromatic heterocycles. The van der Waals surface area contributed by atoms with Crippen molar-refractivity contribution < 1.29 is 19.0 Å². The van der Waals surface area contributed by atoms with Crippen LogP contribution in [0.4, 0.5) is 4.79 Å². The van der Waals surface area contributed by atoms with Gasteiger partial charge < -0.3 is 14.2 Å². The molecule has 0 amide bonds. The Kier molecular flexibility index (Phi) is 4.79. The first-order chi connectivity index (χ1) is 7.63. The average molecular weight is 224 g/mol. The smallest absolute Gasteiger partial charge is 0.432 e. The Bertz CT molecular complexity index is 360. The van der Waals surface area contributed by atoms with Gasteiger partial charge in [0.15, 0.2) is 0 Å². The van der Waals surface area contributed by atoms with Crippen LogP contribution in [0.3, 0.4) is 0 Å². The highest BCUT2D eigenvalue weighted by atomic mass is 16.7. The molecule has 0 atom stereocenters. The van der Waals surface area contributed by atoms with Crippen LogP contribution in [0.15, 0.2) is 18.2 Å². The van der Waals surface area contributed by atoms with Crippen LogP contribution < -0.4 is 4.74 Å². The lowest BCUT2D eigenvalue weighted by Gasteiger charge is -2.07. The fourth-order valence-corrected chi connectivity index (χ4v) is 1.11. The molecular weight excluding hydrogens is 208 g/mol. The minimum atomic E-state index is -0.708. The molecular formula is C12H16O4. The van der Waals surface area contributed by atoms with Gasteiger partial charge in [0.2, 0.25) is 0 Å². The van der Waals surface area contributed by atoms with E-state index in [1.165, 1.54) is 7.11 Å². The zero-order valence-electron chi connectivity index (χ0n) is 9.78. The third kappa shape index (κ3) is 3.90. The van der Waals surface area contributed by atoms with Crippen LogP contribution in [-0.2, 0) is 9.47 Å². The van der Waals surface area contributed by atoms with Gasteiger partial charge in [0.1, 0.15) is 12.4 Å². The van der Waals surface area contributed by atoms with Crippen molar-refractivity contribution in [3.63, 3.8) is 0 Å². The van der Waals surface area contributed by atoms with E-state index in [0.29, 0.717) is 12.4 Å². The third-order valence-electron chi connectivity index (χ3n) is 2.19. The van der Waals surface area contributed by atoms with Gasteiger partial charge in [-0.3, -0.25) is 0 Å². The molecule has 0 spiro atoms. The summed E-state index contributed by atoms with van der Waals surface area (Å²) in [4.78, 5) is 11.2. The second kappa shape index (κ2) is 6.12. The van der Waals surface area contributed by atoms with Crippen molar-refractivity contribution in [3.8, 4) is 5.75 Å². The van der Waals surface area contributed by atoms with E-state index < -0.39 is 6.16 Å². The zero-order valence-corrected chi connectivity index (χ0v) is 9.78. The fourth-order valence-electron chi connectivity index (χ4n) is 1.11. The van der Waals surface area contributed by atoms with Crippen LogP contribution in [0.25, 0.3) is 0 Å². The molecule has 0 heterocycles. The Labute approximate surface area is 95.1 Å². The first-order valence-electron chi connectivity index (χ1n) is 5.04. The van der Waals surface area contributed by atoms with E-state index >= 15 is 0 Å². The molecule has 0 fully saturated rings. The van der Waals surface area contributed by atoms with E-state index in [1.807, 2.05) is 19.9 Å². The summed E-state index contributed by atoms with van der Waals surface area (Å²) in [6, 6.07) is 5.43. The second-order valence-electron chi connectivity index (χ2n) is 3.44. The molecule has 1 rings (SSSR count). The lowest BCUT2D eigenvalue weighted by Crippen LogP contribution is -2.13. The Morgan fingerprint density at radius 2 is 1.94 bits per heavy atom. The molecule has 0 aliphatic carbocycles. The molecule has 4 heteroatoms. The number of hydrogen-bond acceptors (Lipinski definition) is 4. The summed E-state index contributed by atoms with van der Waals surface area (Å²) in [6.07, 6.45) is -0.708. The SMILES string of the molecule is COCCOC(=O)Oc1ccc(C)c(C)c1. The monoisotopic (exact) mass is 224 g/mol. The quantitative estimate of drug-likeness (QED) is 0.447. The van der Waals surface area contributed by atoms with Crippen LogP contribution in [0, 0.1) is 13.8 Å². The molecule has 16 heavy (non-hydrogen) atoms. The van der Waals surface area contributed by atoms with Gasteiger partial charge in [0, 0.05) is 7.11 Å². The van der Waals surface area contributed by atoms with E-state index in [-0.39, 0.29) is 6.61 Å². The van der Waals surface area contributed by atoms with Crippen molar-refractivity contribution in [2.24, 2.45) is 0 Å². The maximum Gasteiger partial charge on any atom is 0.513 e. The van der Waals surface area contributed by atoms with E-state index in [2.05, 4.69) is 0 Å². The van der Waals surface area contributed by atoms with Crippen LogP contribution in [0.5, 0.6) is 5.75 Å². The molecule has 4 nitrogen and oxygen atoms in total. The lowest BCUT2D eigenvalue weighted by molar-refractivity contribution is 0.0685. The van der Waals surface area contributed by atoms with Gasteiger partial charge in [-0.05, 0) is 37.1 Å². The average Bonchev–Trinajstić information content (AvgIpc) is 2.24. The molecule has 1 aromatic carbocycles. The molecule has 0 aliphatic rings. The molecule has 1 aromatic rings. The number of rotatable bonds is 4. The lowest BCUT2D eigenvalue weighted by atomic mass is 10.1. The minimum Gasteiger partial charge on any atom is -0.432 e. The van der Waals surface area contributed by atoms with Crippen molar-refractivity contribution in [2.45, 2.75) is 13.8 Å². The number of benzene rings is 1. The summed E-state index contributed by atoms with van der Waals surface area (Å²) >= 11 is 0. The highest BCUT2D eigenvalue weighted by Gasteiger charge is 2.06. The van der Waals surface area contributed by atoms with Gasteiger partial charge >= 0.3 is 6.16 Å². The second-order valence-corrected chi connectivity index (χ2v) is 3.44. The maximum atomic E-state index is 11.2. The summed E-state index contributed by atoms with van der Waals surface area (Å²) in [6.45, 7) is 4.51. The zero-order chi connectivity index (χ0) is 12.0. The number of carbonyl (C=O) groups is 1. The van der Waals surface area contributed by atoms with Crippen molar-refractivity contribution >= 4 is 6.16 Å². The van der Waals surface area contributed by atoms with Gasteiger partial charge in [-0.1, -0.05) is 6.07 Å². The highest BCUT2D eigenvalue weighted by Crippen LogP contribution is 2.16. The summed E-state index contributed by atoms with van der Waals surface area (Å²) in [5.74, 6) is 0.491. The van der Waals surface area contributed by atoms with Gasteiger partial charge in [0.25, 0.3) is 0 Å². The first-order valence-corrected chi connectivity index (χ1v) is 5.04. The van der Waals surface area contributed by atoms with Crippen molar-refractivity contribution in [3.05, 3.63) is 29.3 Å². The summed E-state index contributed by atoms with van der Waals surface area (Å²) in [5.41, 5.74) is 2.22. The Morgan fingerprint density at radius 1 is 1.19 bits per heavy atom. The standard InChI is InChI=1S/C12H16O4/c1-9-4-5-11(8-10(9)2)16-12(13)15-7-6-14-3/h4-5,8H,6-7H2,1-3H3. The van der Waals surface area contributed by atoms with Crippen molar-refractivity contribution in [1.29, 1.82) is 0 Å². The van der Waals surface area contributed by atoms with E-state index in [1.54, 1.807) is 12.1 Å². The molecule has 0 saturated heterocycles. The Hall–Kier alpha value is -1.55. The molecule has 0 N–H and O–H groups in total. The predicted molar refractivity (Wildman–Crippen MR) is 59.8 cm³/mol. The van der Waals surface area contributed by atoms with Crippen LogP contribution in [-0.4, -0.2) is 26.5 Å². The topological polar surface area (TPSA) is 44.8 Å². The Morgan fingerprint density at radius 3 is 2.56 bits per heavy atom. The third-order valence-corrected chi connectivity index (χ3v) is 2.19. The molecule has 0 bridgehead atoms. The molecule has 0 radical (unpaired) electrons. The normalized spacial score (nSPS) is 9.94. The summed E-state index contributed by atoms with van der Waals surface area (Å²) < 4.78 is 14.5. The fraction of sp³-hybridized carbons (Fsp3) is 0.417. The number of hydrogen-bond donors (Lipinski definition) is 0. The first kappa shape index (κ1) is 12.5. The molecule has 88 valence electrons. The van der Waals surface area contributed by atoms with Crippen molar-refractivity contribution in [1.82, 2.24) is 0 Å². The van der Waals surface area contributed by atoms with Gasteiger partial charge in [-0.2, -0.15) is 0 Å². The number of ether oxygens (including phenoxy) is 3. The highest BCUT2D eigenvalue weighted by molar-refractivity contribution is 5.63. The van der Waals surface area contributed by atoms with Gasteiger partial charge in [-0.15, -0.1) is 0 Å². The number of carbonyl (C=O) groups excluding carboxylic acids is 1. The van der Waals surface area contributed by atoms with Crippen LogP contribution in [0.2, 0.25) is 0 Å². The maximum absolute atomic E-state index is 11.2.